The van der Waals surface area contributed by atoms with Crippen LogP contribution in [-0.4, -0.2) is 55.2 Å². The fourth-order valence-corrected chi connectivity index (χ4v) is 2.40. The van der Waals surface area contributed by atoms with Gasteiger partial charge in [0.15, 0.2) is 0 Å². The molecule has 0 aromatic rings. The highest BCUT2D eigenvalue weighted by atomic mass is 16.6. The van der Waals surface area contributed by atoms with Crippen molar-refractivity contribution in [2.45, 2.75) is 45.6 Å². The van der Waals surface area contributed by atoms with Gasteiger partial charge in [-0.2, -0.15) is 0 Å². The zero-order valence-corrected chi connectivity index (χ0v) is 14.1. The Morgan fingerprint density at radius 1 is 1.17 bits per heavy atom. The molecule has 0 saturated carbocycles. The van der Waals surface area contributed by atoms with Crippen molar-refractivity contribution in [3.05, 3.63) is 0 Å². The van der Waals surface area contributed by atoms with Gasteiger partial charge in [0, 0.05) is 13.0 Å². The Bertz CT molecular complexity index is 508. The van der Waals surface area contributed by atoms with Crippen LogP contribution in [0.5, 0.6) is 0 Å². The molecule has 8 nitrogen and oxygen atoms in total. The lowest BCUT2D eigenvalue weighted by Crippen LogP contribution is -2.45. The molecule has 8 heteroatoms. The molecule has 0 N–H and O–H groups in total. The lowest BCUT2D eigenvalue weighted by molar-refractivity contribution is -0.159. The second kappa shape index (κ2) is 6.97. The Morgan fingerprint density at radius 2 is 1.78 bits per heavy atom. The topological polar surface area (TPSA) is 99.2 Å². The largest absolute Gasteiger partial charge is 0.469 e. The van der Waals surface area contributed by atoms with E-state index in [9.17, 15) is 19.2 Å². The average Bonchev–Trinajstić information content (AvgIpc) is 2.80. The third-order valence-electron chi connectivity index (χ3n) is 3.59. The number of esters is 2. The minimum atomic E-state index is -1.56. The number of nitrogens with zero attached hydrogens (tertiary/aromatic N) is 1. The summed E-state index contributed by atoms with van der Waals surface area (Å²) in [5, 5.41) is 0. The molecule has 1 atom stereocenters. The molecule has 1 heterocycles. The van der Waals surface area contributed by atoms with Gasteiger partial charge in [0.2, 0.25) is 5.91 Å². The van der Waals surface area contributed by atoms with E-state index in [1.807, 2.05) is 0 Å². The molecule has 0 aliphatic carbocycles. The SMILES string of the molecule is COC(=O)CCC1(C(=O)OC)CCN(C(=O)OC(C)(C)C)C1=O. The summed E-state index contributed by atoms with van der Waals surface area (Å²) >= 11 is 0. The van der Waals surface area contributed by atoms with Crippen molar-refractivity contribution in [1.29, 1.82) is 0 Å². The zero-order chi connectivity index (χ0) is 17.8. The Balaban J connectivity index is 2.97. The second-order valence-electron chi connectivity index (χ2n) is 6.34. The van der Waals surface area contributed by atoms with Crippen molar-refractivity contribution in [2.75, 3.05) is 20.8 Å². The first kappa shape index (κ1) is 18.9. The molecule has 1 unspecified atom stereocenters. The van der Waals surface area contributed by atoms with E-state index in [-0.39, 0.29) is 25.8 Å². The molecule has 1 aliphatic rings. The Kier molecular flexibility index (Phi) is 5.74. The highest BCUT2D eigenvalue weighted by Gasteiger charge is 2.55. The number of imide groups is 1. The van der Waals surface area contributed by atoms with E-state index in [2.05, 4.69) is 4.74 Å². The smallest absolute Gasteiger partial charge is 0.417 e. The van der Waals surface area contributed by atoms with E-state index in [1.54, 1.807) is 20.8 Å². The van der Waals surface area contributed by atoms with Crippen molar-refractivity contribution in [1.82, 2.24) is 4.90 Å². The van der Waals surface area contributed by atoms with Crippen molar-refractivity contribution in [3.63, 3.8) is 0 Å². The van der Waals surface area contributed by atoms with Crippen molar-refractivity contribution in [3.8, 4) is 0 Å². The first-order valence-corrected chi connectivity index (χ1v) is 7.27. The number of hydrogen-bond donors (Lipinski definition) is 0. The summed E-state index contributed by atoms with van der Waals surface area (Å²) in [5.74, 6) is -2.02. The van der Waals surface area contributed by atoms with Gasteiger partial charge in [-0.1, -0.05) is 0 Å². The number of carbonyl (C=O) groups is 4. The molecule has 0 bridgehead atoms. The third kappa shape index (κ3) is 4.20. The fraction of sp³-hybridized carbons (Fsp3) is 0.733. The quantitative estimate of drug-likeness (QED) is 0.435. The number of methoxy groups -OCH3 is 2. The van der Waals surface area contributed by atoms with Crippen LogP contribution in [0.3, 0.4) is 0 Å². The van der Waals surface area contributed by atoms with Crippen molar-refractivity contribution < 1.29 is 33.4 Å². The first-order chi connectivity index (χ1) is 10.6. The summed E-state index contributed by atoms with van der Waals surface area (Å²) in [6, 6.07) is 0. The van der Waals surface area contributed by atoms with Crippen LogP contribution < -0.4 is 0 Å². The Hall–Kier alpha value is -2.12. The van der Waals surface area contributed by atoms with Gasteiger partial charge >= 0.3 is 18.0 Å². The molecule has 0 spiro atoms. The molecule has 1 saturated heterocycles. The predicted molar refractivity (Wildman–Crippen MR) is 78.3 cm³/mol. The highest BCUT2D eigenvalue weighted by Crippen LogP contribution is 2.38. The number of likely N-dealkylation sites (tertiary alicyclic amines) is 1. The number of hydrogen-bond acceptors (Lipinski definition) is 7. The highest BCUT2D eigenvalue weighted by molar-refractivity contribution is 6.09. The molecule has 2 amide bonds. The molecule has 23 heavy (non-hydrogen) atoms. The fourth-order valence-electron chi connectivity index (χ4n) is 2.40. The molecule has 1 aliphatic heterocycles. The molecule has 0 aromatic heterocycles. The summed E-state index contributed by atoms with van der Waals surface area (Å²) in [6.07, 6.45) is -0.940. The Morgan fingerprint density at radius 3 is 2.26 bits per heavy atom. The van der Waals surface area contributed by atoms with Gasteiger partial charge in [-0.15, -0.1) is 0 Å². The van der Waals surface area contributed by atoms with Crippen molar-refractivity contribution >= 4 is 23.9 Å². The second-order valence-corrected chi connectivity index (χ2v) is 6.34. The number of rotatable bonds is 4. The summed E-state index contributed by atoms with van der Waals surface area (Å²) in [5.41, 5.74) is -2.32. The van der Waals surface area contributed by atoms with Crippen LogP contribution in [0.4, 0.5) is 4.79 Å². The van der Waals surface area contributed by atoms with Crippen LogP contribution in [0.15, 0.2) is 0 Å². The van der Waals surface area contributed by atoms with Gasteiger partial charge in [0.25, 0.3) is 0 Å². The number of ether oxygens (including phenoxy) is 3. The predicted octanol–water partition coefficient (Wildman–Crippen LogP) is 1.27. The van der Waals surface area contributed by atoms with E-state index < -0.39 is 35.0 Å². The summed E-state index contributed by atoms with van der Waals surface area (Å²) in [4.78, 5) is 49.1. The number of amides is 2. The number of carbonyl (C=O) groups excluding carboxylic acids is 4. The summed E-state index contributed by atoms with van der Waals surface area (Å²) in [6.45, 7) is 5.06. The van der Waals surface area contributed by atoms with E-state index in [0.29, 0.717) is 0 Å². The third-order valence-corrected chi connectivity index (χ3v) is 3.59. The molecule has 0 radical (unpaired) electrons. The normalized spacial score (nSPS) is 21.1. The van der Waals surface area contributed by atoms with Crippen LogP contribution in [0.1, 0.15) is 40.0 Å². The first-order valence-electron chi connectivity index (χ1n) is 7.27. The zero-order valence-electron chi connectivity index (χ0n) is 14.1. The van der Waals surface area contributed by atoms with Crippen LogP contribution in [-0.2, 0) is 28.6 Å². The lowest BCUT2D eigenvalue weighted by atomic mass is 9.81. The minimum absolute atomic E-state index is 0.0318. The van der Waals surface area contributed by atoms with Gasteiger partial charge in [0.05, 0.1) is 14.2 Å². The molecule has 0 aromatic carbocycles. The molecule has 1 fully saturated rings. The van der Waals surface area contributed by atoms with E-state index >= 15 is 0 Å². The van der Waals surface area contributed by atoms with E-state index in [0.717, 1.165) is 12.0 Å². The summed E-state index contributed by atoms with van der Waals surface area (Å²) in [7, 11) is 2.38. The van der Waals surface area contributed by atoms with Gasteiger partial charge < -0.3 is 14.2 Å². The summed E-state index contributed by atoms with van der Waals surface area (Å²) < 4.78 is 14.4. The van der Waals surface area contributed by atoms with Gasteiger partial charge in [-0.3, -0.25) is 14.4 Å². The lowest BCUT2D eigenvalue weighted by Gasteiger charge is -2.26. The molecule has 1 rings (SSSR count). The molecular weight excluding hydrogens is 306 g/mol. The van der Waals surface area contributed by atoms with E-state index in [4.69, 9.17) is 9.47 Å². The molecular formula is C15H23NO7. The maximum Gasteiger partial charge on any atom is 0.417 e. The molecule has 130 valence electrons. The van der Waals surface area contributed by atoms with Gasteiger partial charge in [0.1, 0.15) is 11.0 Å². The standard InChI is InChI=1S/C15H23NO7/c1-14(2,3)23-13(20)16-9-8-15(11(16)18,12(19)22-5)7-6-10(17)21-4/h6-9H2,1-5H3. The van der Waals surface area contributed by atoms with Crippen molar-refractivity contribution in [2.24, 2.45) is 5.41 Å². The van der Waals surface area contributed by atoms with Gasteiger partial charge in [-0.05, 0) is 33.6 Å². The maximum atomic E-state index is 12.6. The van der Waals surface area contributed by atoms with Crippen LogP contribution in [0.25, 0.3) is 0 Å². The van der Waals surface area contributed by atoms with Gasteiger partial charge in [-0.25, -0.2) is 9.69 Å². The Labute approximate surface area is 135 Å². The van der Waals surface area contributed by atoms with E-state index in [1.165, 1.54) is 7.11 Å². The minimum Gasteiger partial charge on any atom is -0.469 e. The monoisotopic (exact) mass is 329 g/mol. The maximum absolute atomic E-state index is 12.6. The van der Waals surface area contributed by atoms with Crippen LogP contribution >= 0.6 is 0 Å². The van der Waals surface area contributed by atoms with Crippen LogP contribution in [0, 0.1) is 5.41 Å². The van der Waals surface area contributed by atoms with Crippen LogP contribution in [0.2, 0.25) is 0 Å². The average molecular weight is 329 g/mol.